The first-order valence-electron chi connectivity index (χ1n) is 9.57. The number of halogens is 2. The molecule has 0 spiro atoms. The van der Waals surface area contributed by atoms with Gasteiger partial charge in [0.1, 0.15) is 6.04 Å². The predicted molar refractivity (Wildman–Crippen MR) is 110 cm³/mol. The van der Waals surface area contributed by atoms with Gasteiger partial charge in [0.15, 0.2) is 0 Å². The van der Waals surface area contributed by atoms with Crippen molar-refractivity contribution in [1.29, 1.82) is 0 Å². The van der Waals surface area contributed by atoms with Crippen molar-refractivity contribution in [3.8, 4) is 0 Å². The number of nitrogens with two attached hydrogens (primary N) is 1. The molecule has 1 aliphatic heterocycles. The molecule has 3 rings (SSSR count). The van der Waals surface area contributed by atoms with Gasteiger partial charge in [-0.3, -0.25) is 9.59 Å². The van der Waals surface area contributed by atoms with Crippen LogP contribution in [-0.2, 0) is 4.79 Å². The third kappa shape index (κ3) is 4.95. The molecule has 0 radical (unpaired) electrons. The van der Waals surface area contributed by atoms with Gasteiger partial charge in [0.25, 0.3) is 5.91 Å². The molecular formula is C20H29Cl2N3O2. The number of fused-ring (bicyclic) bond motifs is 1. The SMILES string of the molecule is CC(CN)CNC(=O)C1CC2CCCCC2N1C(=O)c1cccc(Cl)c1.Cl. The van der Waals surface area contributed by atoms with E-state index in [-0.39, 0.29) is 36.2 Å². The molecule has 7 heteroatoms. The summed E-state index contributed by atoms with van der Waals surface area (Å²) >= 11 is 6.07. The second-order valence-electron chi connectivity index (χ2n) is 7.67. The van der Waals surface area contributed by atoms with Gasteiger partial charge in [0.05, 0.1) is 0 Å². The van der Waals surface area contributed by atoms with Crippen molar-refractivity contribution in [3.05, 3.63) is 34.9 Å². The Labute approximate surface area is 172 Å². The summed E-state index contributed by atoms with van der Waals surface area (Å²) in [5.41, 5.74) is 6.20. The molecule has 1 aromatic carbocycles. The van der Waals surface area contributed by atoms with Gasteiger partial charge in [-0.2, -0.15) is 0 Å². The Kier molecular flexibility index (Phi) is 7.95. The van der Waals surface area contributed by atoms with Crippen LogP contribution in [0.2, 0.25) is 5.02 Å². The van der Waals surface area contributed by atoms with Crippen molar-refractivity contribution in [2.75, 3.05) is 13.1 Å². The van der Waals surface area contributed by atoms with Crippen LogP contribution in [0.15, 0.2) is 24.3 Å². The highest BCUT2D eigenvalue weighted by atomic mass is 35.5. The smallest absolute Gasteiger partial charge is 0.254 e. The molecule has 5 nitrogen and oxygen atoms in total. The maximum atomic E-state index is 13.2. The summed E-state index contributed by atoms with van der Waals surface area (Å²) in [5.74, 6) is 0.485. The van der Waals surface area contributed by atoms with Gasteiger partial charge in [0, 0.05) is 23.2 Å². The predicted octanol–water partition coefficient (Wildman–Crippen LogP) is 3.25. The topological polar surface area (TPSA) is 75.4 Å². The van der Waals surface area contributed by atoms with Crippen LogP contribution >= 0.6 is 24.0 Å². The van der Waals surface area contributed by atoms with E-state index in [9.17, 15) is 9.59 Å². The zero-order valence-electron chi connectivity index (χ0n) is 15.7. The van der Waals surface area contributed by atoms with E-state index < -0.39 is 6.04 Å². The molecule has 0 bridgehead atoms. The minimum absolute atomic E-state index is 0. The average Bonchev–Trinajstić information content (AvgIpc) is 3.04. The highest BCUT2D eigenvalue weighted by molar-refractivity contribution is 6.31. The van der Waals surface area contributed by atoms with E-state index in [0.29, 0.717) is 29.6 Å². The Balaban J connectivity index is 0.00000261. The van der Waals surface area contributed by atoms with Gasteiger partial charge in [-0.15, -0.1) is 12.4 Å². The summed E-state index contributed by atoms with van der Waals surface area (Å²) in [6.07, 6.45) is 5.10. The maximum Gasteiger partial charge on any atom is 0.254 e. The molecule has 3 N–H and O–H groups in total. The lowest BCUT2D eigenvalue weighted by molar-refractivity contribution is -0.125. The fourth-order valence-electron chi connectivity index (χ4n) is 4.23. The zero-order valence-corrected chi connectivity index (χ0v) is 17.3. The molecule has 150 valence electrons. The van der Waals surface area contributed by atoms with E-state index in [1.165, 1.54) is 6.42 Å². The lowest BCUT2D eigenvalue weighted by Crippen LogP contribution is -2.50. The number of amides is 2. The summed E-state index contributed by atoms with van der Waals surface area (Å²) in [4.78, 5) is 27.9. The number of nitrogens with zero attached hydrogens (tertiary/aromatic N) is 1. The van der Waals surface area contributed by atoms with Crippen LogP contribution in [0.1, 0.15) is 49.4 Å². The van der Waals surface area contributed by atoms with Gasteiger partial charge in [-0.05, 0) is 55.8 Å². The third-order valence-corrected chi connectivity index (χ3v) is 5.96. The van der Waals surface area contributed by atoms with Crippen molar-refractivity contribution >= 4 is 35.8 Å². The number of carbonyl (C=O) groups excluding carboxylic acids is 2. The number of rotatable bonds is 5. The number of likely N-dealkylation sites (tertiary alicyclic amines) is 1. The van der Waals surface area contributed by atoms with Gasteiger partial charge >= 0.3 is 0 Å². The molecule has 1 aromatic rings. The number of nitrogens with one attached hydrogen (secondary N) is 1. The van der Waals surface area contributed by atoms with Gasteiger partial charge in [0.2, 0.25) is 5.91 Å². The van der Waals surface area contributed by atoms with E-state index in [1.807, 2.05) is 11.8 Å². The van der Waals surface area contributed by atoms with Gasteiger partial charge in [-0.1, -0.05) is 37.4 Å². The minimum Gasteiger partial charge on any atom is -0.354 e. The van der Waals surface area contributed by atoms with E-state index in [0.717, 1.165) is 25.7 Å². The fourth-order valence-corrected chi connectivity index (χ4v) is 4.42. The Morgan fingerprint density at radius 3 is 2.78 bits per heavy atom. The molecule has 4 atom stereocenters. The lowest BCUT2D eigenvalue weighted by atomic mass is 9.84. The summed E-state index contributed by atoms with van der Waals surface area (Å²) in [6.45, 7) is 3.07. The minimum atomic E-state index is -0.403. The summed E-state index contributed by atoms with van der Waals surface area (Å²) < 4.78 is 0. The molecule has 1 saturated carbocycles. The number of hydrogen-bond acceptors (Lipinski definition) is 3. The quantitative estimate of drug-likeness (QED) is 0.777. The van der Waals surface area contributed by atoms with Gasteiger partial charge < -0.3 is 16.0 Å². The van der Waals surface area contributed by atoms with Gasteiger partial charge in [-0.25, -0.2) is 0 Å². The molecular weight excluding hydrogens is 385 g/mol. The number of carbonyl (C=O) groups is 2. The third-order valence-electron chi connectivity index (χ3n) is 5.72. The molecule has 1 aliphatic carbocycles. The second kappa shape index (κ2) is 9.76. The summed E-state index contributed by atoms with van der Waals surface area (Å²) in [5, 5.41) is 3.53. The highest BCUT2D eigenvalue weighted by Crippen LogP contribution is 2.40. The Bertz CT molecular complexity index is 670. The summed E-state index contributed by atoms with van der Waals surface area (Å²) in [7, 11) is 0. The number of benzene rings is 1. The largest absolute Gasteiger partial charge is 0.354 e. The molecule has 4 unspecified atom stereocenters. The molecule has 1 heterocycles. The fraction of sp³-hybridized carbons (Fsp3) is 0.600. The summed E-state index contributed by atoms with van der Waals surface area (Å²) in [6, 6.07) is 6.74. The Hall–Kier alpha value is -1.30. The first kappa shape index (κ1) is 22.0. The van der Waals surface area contributed by atoms with Crippen molar-refractivity contribution in [2.24, 2.45) is 17.6 Å². The van der Waals surface area contributed by atoms with Crippen LogP contribution in [0.25, 0.3) is 0 Å². The molecule has 2 aliphatic rings. The monoisotopic (exact) mass is 413 g/mol. The van der Waals surface area contributed by atoms with Crippen LogP contribution in [0.5, 0.6) is 0 Å². The second-order valence-corrected chi connectivity index (χ2v) is 8.11. The average molecular weight is 414 g/mol. The normalized spacial score (nSPS) is 25.3. The van der Waals surface area contributed by atoms with Crippen molar-refractivity contribution < 1.29 is 9.59 Å². The van der Waals surface area contributed by atoms with Crippen molar-refractivity contribution in [3.63, 3.8) is 0 Å². The van der Waals surface area contributed by atoms with E-state index >= 15 is 0 Å². The van der Waals surface area contributed by atoms with Crippen molar-refractivity contribution in [1.82, 2.24) is 10.2 Å². The Morgan fingerprint density at radius 2 is 2.07 bits per heavy atom. The molecule has 0 aromatic heterocycles. The molecule has 2 fully saturated rings. The standard InChI is InChI=1S/C20H28ClN3O2.ClH/c1-13(11-22)12-23-19(25)18-10-14-5-2-3-8-17(14)24(18)20(26)15-6-4-7-16(21)9-15;/h4,6-7,9,13-14,17-18H,2-3,5,8,10-12,22H2,1H3,(H,23,25);1H. The van der Waals surface area contributed by atoms with E-state index in [2.05, 4.69) is 5.32 Å². The Morgan fingerprint density at radius 1 is 1.33 bits per heavy atom. The first-order valence-corrected chi connectivity index (χ1v) is 9.95. The molecule has 2 amide bonds. The lowest BCUT2D eigenvalue weighted by Gasteiger charge is -2.33. The zero-order chi connectivity index (χ0) is 18.7. The van der Waals surface area contributed by atoms with E-state index in [1.54, 1.807) is 24.3 Å². The maximum absolute atomic E-state index is 13.2. The van der Waals surface area contributed by atoms with Crippen LogP contribution in [0.3, 0.4) is 0 Å². The first-order chi connectivity index (χ1) is 12.5. The van der Waals surface area contributed by atoms with Crippen LogP contribution in [-0.4, -0.2) is 41.9 Å². The molecule has 27 heavy (non-hydrogen) atoms. The van der Waals surface area contributed by atoms with Crippen LogP contribution in [0.4, 0.5) is 0 Å². The van der Waals surface area contributed by atoms with Crippen LogP contribution < -0.4 is 11.1 Å². The molecule has 1 saturated heterocycles. The van der Waals surface area contributed by atoms with Crippen molar-refractivity contribution in [2.45, 2.75) is 51.1 Å². The van der Waals surface area contributed by atoms with E-state index in [4.69, 9.17) is 17.3 Å². The number of hydrogen-bond donors (Lipinski definition) is 2. The highest BCUT2D eigenvalue weighted by Gasteiger charge is 2.47. The van der Waals surface area contributed by atoms with Crippen LogP contribution in [0, 0.1) is 11.8 Å².